The van der Waals surface area contributed by atoms with Crippen LogP contribution in [0.4, 0.5) is 0 Å². The molecule has 1 N–H and O–H groups in total. The molecule has 36 heavy (non-hydrogen) atoms. The third-order valence-electron chi connectivity index (χ3n) is 6.17. The maximum Gasteiger partial charge on any atom is 0.295 e. The van der Waals surface area contributed by atoms with E-state index in [1.807, 2.05) is 90.1 Å². The van der Waals surface area contributed by atoms with Crippen molar-refractivity contribution in [1.29, 1.82) is 0 Å². The molecule has 4 aromatic rings. The number of hydrogen-bond donors (Lipinski definition) is 1. The molecule has 0 bridgehead atoms. The molecule has 4 rings (SSSR count). The number of rotatable bonds is 8. The largest absolute Gasteiger partial charge is 0.491 e. The van der Waals surface area contributed by atoms with E-state index in [9.17, 15) is 9.59 Å². The number of ether oxygens (including phenoxy) is 1. The molecule has 2 aromatic carbocycles. The van der Waals surface area contributed by atoms with Gasteiger partial charge in [-0.1, -0.05) is 36.8 Å². The zero-order valence-electron chi connectivity index (χ0n) is 21.7. The van der Waals surface area contributed by atoms with Crippen molar-refractivity contribution in [2.24, 2.45) is 0 Å². The molecular weight excluding hydrogens is 454 g/mol. The molecule has 2 heterocycles. The van der Waals surface area contributed by atoms with Crippen LogP contribution < -0.4 is 15.6 Å². The topological polar surface area (TPSA) is 91.0 Å². The molecule has 0 aliphatic heterocycles. The third kappa shape index (κ3) is 5.03. The third-order valence-corrected chi connectivity index (χ3v) is 6.17. The van der Waals surface area contributed by atoms with Gasteiger partial charge in [0.1, 0.15) is 11.8 Å². The summed E-state index contributed by atoms with van der Waals surface area (Å²) in [5, 5.41) is 12.8. The molecule has 8 nitrogen and oxygen atoms in total. The number of carbonyl (C=O) groups is 1. The molecule has 0 radical (unpaired) electrons. The van der Waals surface area contributed by atoms with Gasteiger partial charge in [0.15, 0.2) is 5.52 Å². The van der Waals surface area contributed by atoms with Crippen LogP contribution in [0.1, 0.15) is 55.7 Å². The monoisotopic (exact) mass is 487 g/mol. The highest BCUT2D eigenvalue weighted by atomic mass is 16.5. The number of benzene rings is 2. The minimum Gasteiger partial charge on any atom is -0.491 e. The number of hydrogen-bond acceptors (Lipinski definition) is 5. The average Bonchev–Trinajstić information content (AvgIpc) is 3.20. The summed E-state index contributed by atoms with van der Waals surface area (Å²) in [5.41, 5.74) is 4.39. The van der Waals surface area contributed by atoms with Crippen molar-refractivity contribution in [3.63, 3.8) is 0 Å². The van der Waals surface area contributed by atoms with E-state index in [1.165, 1.54) is 4.68 Å². The summed E-state index contributed by atoms with van der Waals surface area (Å²) in [7, 11) is 0. The van der Waals surface area contributed by atoms with Gasteiger partial charge in [0.05, 0.1) is 28.6 Å². The van der Waals surface area contributed by atoms with E-state index in [2.05, 4.69) is 15.5 Å². The second-order valence-corrected chi connectivity index (χ2v) is 9.34. The Morgan fingerprint density at radius 1 is 1.00 bits per heavy atom. The van der Waals surface area contributed by atoms with Gasteiger partial charge in [0.25, 0.3) is 5.56 Å². The van der Waals surface area contributed by atoms with Gasteiger partial charge in [-0.3, -0.25) is 9.59 Å². The quantitative estimate of drug-likeness (QED) is 0.393. The van der Waals surface area contributed by atoms with Crippen LogP contribution >= 0.6 is 0 Å². The van der Waals surface area contributed by atoms with E-state index in [1.54, 1.807) is 4.68 Å². The standard InChI is InChI=1S/C28H33N5O3/c1-7-24(27(34)29-16-21-10-14-23(15-11-21)36-17(2)3)33-28(35)26-25(19(5)30-33)20(6)32(31-26)22-12-8-18(4)9-13-22/h8-15,17,24H,7,16H2,1-6H3,(H,29,34)/t24-/m1/s1. The van der Waals surface area contributed by atoms with E-state index in [0.717, 1.165) is 33.6 Å². The lowest BCUT2D eigenvalue weighted by atomic mass is 10.1. The summed E-state index contributed by atoms with van der Waals surface area (Å²) in [6, 6.07) is 14.8. The van der Waals surface area contributed by atoms with Gasteiger partial charge in [-0.15, -0.1) is 0 Å². The molecule has 0 aliphatic rings. The predicted molar refractivity (Wildman–Crippen MR) is 141 cm³/mol. The minimum absolute atomic E-state index is 0.0968. The lowest BCUT2D eigenvalue weighted by Crippen LogP contribution is -2.38. The summed E-state index contributed by atoms with van der Waals surface area (Å²) in [6.07, 6.45) is 0.516. The predicted octanol–water partition coefficient (Wildman–Crippen LogP) is 4.56. The van der Waals surface area contributed by atoms with E-state index in [4.69, 9.17) is 4.74 Å². The molecule has 0 saturated carbocycles. The van der Waals surface area contributed by atoms with Crippen molar-refractivity contribution >= 4 is 16.8 Å². The lowest BCUT2D eigenvalue weighted by Gasteiger charge is -2.17. The first-order valence-electron chi connectivity index (χ1n) is 12.3. The molecule has 1 atom stereocenters. The second-order valence-electron chi connectivity index (χ2n) is 9.34. The van der Waals surface area contributed by atoms with E-state index in [-0.39, 0.29) is 17.6 Å². The van der Waals surface area contributed by atoms with Gasteiger partial charge in [0, 0.05) is 6.54 Å². The van der Waals surface area contributed by atoms with Gasteiger partial charge in [-0.2, -0.15) is 10.2 Å². The highest BCUT2D eigenvalue weighted by Crippen LogP contribution is 2.22. The summed E-state index contributed by atoms with van der Waals surface area (Å²) in [4.78, 5) is 26.6. The normalized spacial score (nSPS) is 12.2. The van der Waals surface area contributed by atoms with Crippen LogP contribution in [0.25, 0.3) is 16.6 Å². The van der Waals surface area contributed by atoms with Crippen LogP contribution in [-0.4, -0.2) is 31.6 Å². The maximum atomic E-state index is 13.5. The summed E-state index contributed by atoms with van der Waals surface area (Å²) >= 11 is 0. The second kappa shape index (κ2) is 10.4. The summed E-state index contributed by atoms with van der Waals surface area (Å²) in [6.45, 7) is 12.0. The molecular formula is C28H33N5O3. The van der Waals surface area contributed by atoms with Gasteiger partial charge in [0.2, 0.25) is 5.91 Å². The molecule has 0 saturated heterocycles. The average molecular weight is 488 g/mol. The number of amides is 1. The van der Waals surface area contributed by atoms with Crippen LogP contribution in [-0.2, 0) is 11.3 Å². The van der Waals surface area contributed by atoms with Crippen molar-refractivity contribution in [2.75, 3.05) is 0 Å². The minimum atomic E-state index is -0.742. The van der Waals surface area contributed by atoms with Crippen molar-refractivity contribution in [3.8, 4) is 11.4 Å². The fourth-order valence-electron chi connectivity index (χ4n) is 4.33. The number of carbonyl (C=O) groups excluding carboxylic acids is 1. The molecule has 0 unspecified atom stereocenters. The molecule has 0 aliphatic carbocycles. The van der Waals surface area contributed by atoms with Gasteiger partial charge < -0.3 is 10.1 Å². The highest BCUT2D eigenvalue weighted by molar-refractivity contribution is 5.84. The Balaban J connectivity index is 1.60. The number of aromatic nitrogens is 4. The number of aryl methyl sites for hydroxylation is 3. The zero-order chi connectivity index (χ0) is 26.0. The van der Waals surface area contributed by atoms with Crippen LogP contribution in [0, 0.1) is 20.8 Å². The van der Waals surface area contributed by atoms with Crippen LogP contribution in [0.2, 0.25) is 0 Å². The lowest BCUT2D eigenvalue weighted by molar-refractivity contribution is -0.125. The molecule has 8 heteroatoms. The molecule has 188 valence electrons. The van der Waals surface area contributed by atoms with Gasteiger partial charge in [-0.05, 0) is 70.9 Å². The van der Waals surface area contributed by atoms with E-state index < -0.39 is 6.04 Å². The van der Waals surface area contributed by atoms with Crippen molar-refractivity contribution < 1.29 is 9.53 Å². The first-order chi connectivity index (χ1) is 17.2. The molecule has 0 spiro atoms. The molecule has 2 aromatic heterocycles. The van der Waals surface area contributed by atoms with E-state index in [0.29, 0.717) is 24.2 Å². The number of nitrogens with zero attached hydrogens (tertiary/aromatic N) is 4. The van der Waals surface area contributed by atoms with Crippen molar-refractivity contribution in [3.05, 3.63) is 81.4 Å². The van der Waals surface area contributed by atoms with Crippen LogP contribution in [0.5, 0.6) is 5.75 Å². The summed E-state index contributed by atoms with van der Waals surface area (Å²) in [5.74, 6) is 0.523. The molecule has 0 fully saturated rings. The Bertz CT molecular complexity index is 1430. The first kappa shape index (κ1) is 25.2. The summed E-state index contributed by atoms with van der Waals surface area (Å²) < 4.78 is 8.71. The highest BCUT2D eigenvalue weighted by Gasteiger charge is 2.25. The molecule has 1 amide bonds. The van der Waals surface area contributed by atoms with E-state index >= 15 is 0 Å². The first-order valence-corrected chi connectivity index (χ1v) is 12.3. The Morgan fingerprint density at radius 3 is 2.28 bits per heavy atom. The van der Waals surface area contributed by atoms with Crippen LogP contribution in [0.15, 0.2) is 53.3 Å². The van der Waals surface area contributed by atoms with Crippen molar-refractivity contribution in [1.82, 2.24) is 24.9 Å². The maximum absolute atomic E-state index is 13.5. The Morgan fingerprint density at radius 2 is 1.67 bits per heavy atom. The van der Waals surface area contributed by atoms with Crippen molar-refractivity contribution in [2.45, 2.75) is 66.7 Å². The SMILES string of the molecule is CC[C@H](C(=O)NCc1ccc(OC(C)C)cc1)n1nc(C)c2c(C)n(-c3ccc(C)cc3)nc2c1=O. The van der Waals surface area contributed by atoms with Gasteiger partial charge in [-0.25, -0.2) is 9.36 Å². The fourth-order valence-corrected chi connectivity index (χ4v) is 4.33. The number of nitrogens with one attached hydrogen (secondary N) is 1. The Labute approximate surface area is 210 Å². The van der Waals surface area contributed by atoms with Crippen LogP contribution in [0.3, 0.4) is 0 Å². The van der Waals surface area contributed by atoms with Gasteiger partial charge >= 0.3 is 0 Å². The Kier molecular flexibility index (Phi) is 7.24. The Hall–Kier alpha value is -3.94. The zero-order valence-corrected chi connectivity index (χ0v) is 21.7. The smallest absolute Gasteiger partial charge is 0.295 e. The number of fused-ring (bicyclic) bond motifs is 1. The fraction of sp³-hybridized carbons (Fsp3) is 0.357.